The van der Waals surface area contributed by atoms with Gasteiger partial charge in [0.2, 0.25) is 0 Å². The van der Waals surface area contributed by atoms with Gasteiger partial charge in [-0.15, -0.1) is 0 Å². The number of rotatable bonds is 7. The number of ether oxygens (including phenoxy) is 2. The SMILES string of the molecule is COc1cc(C(C)NCCCNC(=O)OC(C)(C)C)ccc1F. The van der Waals surface area contributed by atoms with Crippen molar-refractivity contribution in [1.82, 2.24) is 10.6 Å². The fraction of sp³-hybridized carbons (Fsp3) is 0.588. The van der Waals surface area contributed by atoms with E-state index in [4.69, 9.17) is 9.47 Å². The lowest BCUT2D eigenvalue weighted by Crippen LogP contribution is -2.34. The zero-order valence-electron chi connectivity index (χ0n) is 14.5. The summed E-state index contributed by atoms with van der Waals surface area (Å²) in [6.45, 7) is 8.72. The molecule has 23 heavy (non-hydrogen) atoms. The Hall–Kier alpha value is -1.82. The van der Waals surface area contributed by atoms with Gasteiger partial charge < -0.3 is 20.1 Å². The first kappa shape index (κ1) is 19.2. The van der Waals surface area contributed by atoms with E-state index in [1.807, 2.05) is 27.7 Å². The van der Waals surface area contributed by atoms with Crippen LogP contribution in [0.15, 0.2) is 18.2 Å². The van der Waals surface area contributed by atoms with E-state index in [2.05, 4.69) is 10.6 Å². The molecule has 1 unspecified atom stereocenters. The zero-order valence-corrected chi connectivity index (χ0v) is 14.5. The maximum atomic E-state index is 13.4. The van der Waals surface area contributed by atoms with Crippen LogP contribution >= 0.6 is 0 Å². The van der Waals surface area contributed by atoms with Crippen molar-refractivity contribution in [3.8, 4) is 5.75 Å². The van der Waals surface area contributed by atoms with Crippen molar-refractivity contribution in [2.75, 3.05) is 20.2 Å². The van der Waals surface area contributed by atoms with Crippen LogP contribution in [0.25, 0.3) is 0 Å². The zero-order chi connectivity index (χ0) is 17.5. The molecule has 2 N–H and O–H groups in total. The van der Waals surface area contributed by atoms with Gasteiger partial charge >= 0.3 is 6.09 Å². The number of benzene rings is 1. The average Bonchev–Trinajstić information content (AvgIpc) is 2.45. The molecule has 0 bridgehead atoms. The van der Waals surface area contributed by atoms with Crippen LogP contribution in [-0.2, 0) is 4.74 Å². The first-order valence-corrected chi connectivity index (χ1v) is 7.76. The number of alkyl carbamates (subject to hydrolysis) is 1. The van der Waals surface area contributed by atoms with Crippen molar-refractivity contribution in [2.45, 2.75) is 45.8 Å². The molecular weight excluding hydrogens is 299 g/mol. The molecule has 0 aliphatic rings. The number of halogens is 1. The van der Waals surface area contributed by atoms with Crippen molar-refractivity contribution < 1.29 is 18.7 Å². The van der Waals surface area contributed by atoms with Crippen LogP contribution in [0.3, 0.4) is 0 Å². The molecule has 1 aromatic rings. The predicted octanol–water partition coefficient (Wildman–Crippen LogP) is 3.40. The first-order chi connectivity index (χ1) is 10.7. The van der Waals surface area contributed by atoms with Crippen molar-refractivity contribution in [3.63, 3.8) is 0 Å². The highest BCUT2D eigenvalue weighted by molar-refractivity contribution is 5.67. The maximum Gasteiger partial charge on any atom is 0.407 e. The van der Waals surface area contributed by atoms with E-state index in [1.165, 1.54) is 13.2 Å². The molecule has 0 radical (unpaired) electrons. The van der Waals surface area contributed by atoms with E-state index in [0.29, 0.717) is 6.54 Å². The largest absolute Gasteiger partial charge is 0.494 e. The Balaban J connectivity index is 2.29. The number of carbonyl (C=O) groups excluding carboxylic acids is 1. The Morgan fingerprint density at radius 3 is 2.61 bits per heavy atom. The van der Waals surface area contributed by atoms with Gasteiger partial charge in [0.1, 0.15) is 5.60 Å². The summed E-state index contributed by atoms with van der Waals surface area (Å²) in [5.74, 6) is -0.132. The number of hydrogen-bond donors (Lipinski definition) is 2. The summed E-state index contributed by atoms with van der Waals surface area (Å²) < 4.78 is 23.5. The number of hydrogen-bond acceptors (Lipinski definition) is 4. The van der Waals surface area contributed by atoms with Crippen molar-refractivity contribution in [1.29, 1.82) is 0 Å². The van der Waals surface area contributed by atoms with Crippen molar-refractivity contribution >= 4 is 6.09 Å². The quantitative estimate of drug-likeness (QED) is 0.754. The summed E-state index contributed by atoms with van der Waals surface area (Å²) >= 11 is 0. The molecule has 0 aliphatic heterocycles. The number of carbonyl (C=O) groups is 1. The first-order valence-electron chi connectivity index (χ1n) is 7.76. The van der Waals surface area contributed by atoms with E-state index < -0.39 is 11.7 Å². The number of nitrogens with one attached hydrogen (secondary N) is 2. The van der Waals surface area contributed by atoms with Crippen molar-refractivity contribution in [2.24, 2.45) is 0 Å². The van der Waals surface area contributed by atoms with Crippen molar-refractivity contribution in [3.05, 3.63) is 29.6 Å². The van der Waals surface area contributed by atoms with E-state index in [-0.39, 0.29) is 17.6 Å². The summed E-state index contributed by atoms with van der Waals surface area (Å²) in [6.07, 6.45) is 0.357. The summed E-state index contributed by atoms with van der Waals surface area (Å²) in [4.78, 5) is 11.5. The second-order valence-corrected chi connectivity index (χ2v) is 6.35. The summed E-state index contributed by atoms with van der Waals surface area (Å²) in [6, 6.07) is 4.88. The summed E-state index contributed by atoms with van der Waals surface area (Å²) in [7, 11) is 1.45. The normalized spacial score (nSPS) is 12.6. The van der Waals surface area contributed by atoms with Crippen LogP contribution in [0.2, 0.25) is 0 Å². The average molecular weight is 326 g/mol. The van der Waals surface area contributed by atoms with Gasteiger partial charge in [0, 0.05) is 12.6 Å². The van der Waals surface area contributed by atoms with E-state index >= 15 is 0 Å². The Morgan fingerprint density at radius 2 is 2.00 bits per heavy atom. The van der Waals surface area contributed by atoms with Gasteiger partial charge in [-0.2, -0.15) is 0 Å². The van der Waals surface area contributed by atoms with Gasteiger partial charge in [-0.3, -0.25) is 0 Å². The third-order valence-corrected chi connectivity index (χ3v) is 3.15. The summed E-state index contributed by atoms with van der Waals surface area (Å²) in [5.41, 5.74) is 0.460. The molecule has 1 aromatic carbocycles. The highest BCUT2D eigenvalue weighted by atomic mass is 19.1. The fourth-order valence-electron chi connectivity index (χ4n) is 1.98. The molecule has 0 saturated carbocycles. The third kappa shape index (κ3) is 7.32. The molecule has 0 saturated heterocycles. The monoisotopic (exact) mass is 326 g/mol. The summed E-state index contributed by atoms with van der Waals surface area (Å²) in [5, 5.41) is 6.03. The van der Waals surface area contributed by atoms with Gasteiger partial charge in [-0.1, -0.05) is 6.07 Å². The van der Waals surface area contributed by atoms with Crippen LogP contribution in [-0.4, -0.2) is 31.9 Å². The van der Waals surface area contributed by atoms with Gasteiger partial charge in [0.05, 0.1) is 7.11 Å². The molecule has 5 nitrogen and oxygen atoms in total. The highest BCUT2D eigenvalue weighted by Gasteiger charge is 2.15. The topological polar surface area (TPSA) is 59.6 Å². The van der Waals surface area contributed by atoms with E-state index in [1.54, 1.807) is 12.1 Å². The Bertz CT molecular complexity index is 515. The van der Waals surface area contributed by atoms with E-state index in [9.17, 15) is 9.18 Å². The number of methoxy groups -OCH3 is 1. The molecule has 0 spiro atoms. The molecule has 1 rings (SSSR count). The van der Waals surface area contributed by atoms with Gasteiger partial charge in [-0.05, 0) is 58.4 Å². The van der Waals surface area contributed by atoms with Gasteiger partial charge in [0.25, 0.3) is 0 Å². The van der Waals surface area contributed by atoms with E-state index in [0.717, 1.165) is 18.5 Å². The molecule has 6 heteroatoms. The Morgan fingerprint density at radius 1 is 1.30 bits per heavy atom. The lowest BCUT2D eigenvalue weighted by molar-refractivity contribution is 0.0527. The molecule has 0 aromatic heterocycles. The lowest BCUT2D eigenvalue weighted by atomic mass is 10.1. The van der Waals surface area contributed by atoms with Gasteiger partial charge in [0.15, 0.2) is 11.6 Å². The lowest BCUT2D eigenvalue weighted by Gasteiger charge is -2.20. The standard InChI is InChI=1S/C17H27FN2O3/c1-12(13-7-8-14(18)15(11-13)22-5)19-9-6-10-20-16(21)23-17(2,3)4/h7-8,11-12,19H,6,9-10H2,1-5H3,(H,20,21). The van der Waals surface area contributed by atoms with Gasteiger partial charge in [-0.25, -0.2) is 9.18 Å². The molecule has 0 aliphatic carbocycles. The molecule has 0 fully saturated rings. The molecule has 1 amide bonds. The molecule has 130 valence electrons. The second kappa shape index (κ2) is 8.72. The van der Waals surface area contributed by atoms with Crippen LogP contribution in [0.4, 0.5) is 9.18 Å². The predicted molar refractivity (Wildman–Crippen MR) is 88.2 cm³/mol. The molecular formula is C17H27FN2O3. The fourth-order valence-corrected chi connectivity index (χ4v) is 1.98. The minimum absolute atomic E-state index is 0.0611. The Kier molecular flexibility index (Phi) is 7.29. The minimum atomic E-state index is -0.488. The van der Waals surface area contributed by atoms with Crippen LogP contribution in [0.1, 0.15) is 45.7 Å². The minimum Gasteiger partial charge on any atom is -0.494 e. The smallest absolute Gasteiger partial charge is 0.407 e. The van der Waals surface area contributed by atoms with Crippen LogP contribution in [0, 0.1) is 5.82 Å². The maximum absolute atomic E-state index is 13.4. The van der Waals surface area contributed by atoms with Crippen LogP contribution in [0.5, 0.6) is 5.75 Å². The highest BCUT2D eigenvalue weighted by Crippen LogP contribution is 2.22. The van der Waals surface area contributed by atoms with Crippen LogP contribution < -0.4 is 15.4 Å². The molecule has 0 heterocycles. The third-order valence-electron chi connectivity index (χ3n) is 3.15. The molecule has 1 atom stereocenters. The second-order valence-electron chi connectivity index (χ2n) is 6.35. The Labute approximate surface area is 137 Å². The number of amides is 1.